The quantitative estimate of drug-likeness (QED) is 0.494. The van der Waals surface area contributed by atoms with Gasteiger partial charge in [-0.25, -0.2) is 8.78 Å². The standard InChI is InChI=1S/C22H20F4N2O2.ClH/c23-16-3-1-14(2-4-16)20(29)15-7-9-27(10-8-15)11-12-28-19-6-5-17(24)13-18(19)22(25,26)21(28)30;/h1-6,13,15H,7-12H2;1H. The van der Waals surface area contributed by atoms with Crippen molar-refractivity contribution >= 4 is 29.8 Å². The molecule has 166 valence electrons. The number of piperidine rings is 1. The van der Waals surface area contributed by atoms with Gasteiger partial charge in [-0.3, -0.25) is 9.59 Å². The number of carbonyl (C=O) groups excluding carboxylic acids is 2. The maximum Gasteiger partial charge on any atom is 0.352 e. The summed E-state index contributed by atoms with van der Waals surface area (Å²) < 4.78 is 54.8. The fraction of sp³-hybridized carbons (Fsp3) is 0.364. The summed E-state index contributed by atoms with van der Waals surface area (Å²) >= 11 is 0. The third-order valence-electron chi connectivity index (χ3n) is 5.83. The number of nitrogens with zero attached hydrogens (tertiary/aromatic N) is 2. The molecule has 2 aromatic carbocycles. The number of hydrogen-bond donors (Lipinski definition) is 0. The summed E-state index contributed by atoms with van der Waals surface area (Å²) in [5.74, 6) is -6.48. The van der Waals surface area contributed by atoms with Crippen LogP contribution in [0.3, 0.4) is 0 Å². The van der Waals surface area contributed by atoms with E-state index in [-0.39, 0.29) is 36.3 Å². The molecule has 0 bridgehead atoms. The number of fused-ring (bicyclic) bond motifs is 1. The molecule has 0 saturated carbocycles. The molecule has 1 saturated heterocycles. The first-order valence-corrected chi connectivity index (χ1v) is 9.79. The summed E-state index contributed by atoms with van der Waals surface area (Å²) in [6, 6.07) is 8.45. The molecule has 2 aliphatic heterocycles. The van der Waals surface area contributed by atoms with Crippen LogP contribution in [0.1, 0.15) is 28.8 Å². The van der Waals surface area contributed by atoms with Gasteiger partial charge in [0.2, 0.25) is 0 Å². The smallest absolute Gasteiger partial charge is 0.305 e. The first kappa shape index (κ1) is 23.2. The molecular formula is C22H21ClF4N2O2. The Morgan fingerprint density at radius 3 is 2.23 bits per heavy atom. The van der Waals surface area contributed by atoms with E-state index in [4.69, 9.17) is 0 Å². The van der Waals surface area contributed by atoms with Crippen LogP contribution < -0.4 is 4.90 Å². The summed E-state index contributed by atoms with van der Waals surface area (Å²) in [5, 5.41) is 0. The molecule has 0 N–H and O–H groups in total. The number of anilines is 1. The molecule has 4 rings (SSSR count). The van der Waals surface area contributed by atoms with Crippen LogP contribution in [-0.4, -0.2) is 42.8 Å². The summed E-state index contributed by atoms with van der Waals surface area (Å²) in [6.07, 6.45) is 1.20. The van der Waals surface area contributed by atoms with Gasteiger partial charge in [0.25, 0.3) is 0 Å². The Bertz CT molecular complexity index is 976. The van der Waals surface area contributed by atoms with Crippen molar-refractivity contribution in [2.45, 2.75) is 18.8 Å². The van der Waals surface area contributed by atoms with Crippen molar-refractivity contribution in [2.75, 3.05) is 31.1 Å². The van der Waals surface area contributed by atoms with Crippen LogP contribution in [0.5, 0.6) is 0 Å². The minimum absolute atomic E-state index is 0. The normalized spacial score (nSPS) is 18.6. The van der Waals surface area contributed by atoms with E-state index < -0.39 is 29.0 Å². The van der Waals surface area contributed by atoms with Crippen molar-refractivity contribution in [1.82, 2.24) is 4.90 Å². The summed E-state index contributed by atoms with van der Waals surface area (Å²) in [7, 11) is 0. The van der Waals surface area contributed by atoms with E-state index in [9.17, 15) is 27.2 Å². The van der Waals surface area contributed by atoms with Gasteiger partial charge in [0.1, 0.15) is 11.6 Å². The largest absolute Gasteiger partial charge is 0.352 e. The number of alkyl halides is 2. The van der Waals surface area contributed by atoms with Crippen molar-refractivity contribution < 1.29 is 27.2 Å². The first-order chi connectivity index (χ1) is 14.3. The SMILES string of the molecule is Cl.O=C(c1ccc(F)cc1)C1CCN(CCN2C(=O)C(F)(F)c3cc(F)ccc32)CC1. The van der Waals surface area contributed by atoms with Crippen LogP contribution in [0.25, 0.3) is 0 Å². The van der Waals surface area contributed by atoms with Crippen molar-refractivity contribution in [3.8, 4) is 0 Å². The zero-order chi connectivity index (χ0) is 21.5. The predicted octanol–water partition coefficient (Wildman–Crippen LogP) is 4.42. The van der Waals surface area contributed by atoms with Gasteiger partial charge in [-0.05, 0) is 68.4 Å². The number of carbonyl (C=O) groups is 2. The van der Waals surface area contributed by atoms with Gasteiger partial charge in [0, 0.05) is 24.6 Å². The van der Waals surface area contributed by atoms with E-state index in [0.29, 0.717) is 44.1 Å². The van der Waals surface area contributed by atoms with E-state index in [2.05, 4.69) is 0 Å². The van der Waals surface area contributed by atoms with Crippen LogP contribution in [0.2, 0.25) is 0 Å². The number of likely N-dealkylation sites (tertiary alicyclic amines) is 1. The summed E-state index contributed by atoms with van der Waals surface area (Å²) in [4.78, 5) is 27.7. The van der Waals surface area contributed by atoms with Crippen LogP contribution in [0.4, 0.5) is 23.2 Å². The van der Waals surface area contributed by atoms with Gasteiger partial charge in [-0.2, -0.15) is 8.78 Å². The van der Waals surface area contributed by atoms with E-state index in [1.54, 1.807) is 0 Å². The van der Waals surface area contributed by atoms with Crippen LogP contribution in [0, 0.1) is 17.6 Å². The Labute approximate surface area is 183 Å². The fourth-order valence-corrected chi connectivity index (χ4v) is 4.12. The van der Waals surface area contributed by atoms with Gasteiger partial charge >= 0.3 is 11.8 Å². The molecule has 1 amide bonds. The molecule has 0 aromatic heterocycles. The molecule has 0 radical (unpaired) electrons. The second-order valence-corrected chi connectivity index (χ2v) is 7.68. The van der Waals surface area contributed by atoms with E-state index >= 15 is 0 Å². The molecule has 2 heterocycles. The predicted molar refractivity (Wildman–Crippen MR) is 110 cm³/mol. The van der Waals surface area contributed by atoms with Crippen LogP contribution in [0.15, 0.2) is 42.5 Å². The second-order valence-electron chi connectivity index (χ2n) is 7.68. The molecule has 2 aromatic rings. The maximum absolute atomic E-state index is 14.2. The molecule has 0 unspecified atom stereocenters. The third kappa shape index (κ3) is 4.45. The molecule has 0 atom stereocenters. The molecule has 9 heteroatoms. The lowest BCUT2D eigenvalue weighted by atomic mass is 9.89. The number of rotatable bonds is 5. The number of halogens is 5. The molecule has 0 aliphatic carbocycles. The molecule has 2 aliphatic rings. The highest BCUT2D eigenvalue weighted by atomic mass is 35.5. The van der Waals surface area contributed by atoms with Crippen LogP contribution >= 0.6 is 12.4 Å². The van der Waals surface area contributed by atoms with E-state index in [1.807, 2.05) is 4.90 Å². The Morgan fingerprint density at radius 1 is 0.968 bits per heavy atom. The van der Waals surface area contributed by atoms with Gasteiger partial charge in [-0.15, -0.1) is 12.4 Å². The zero-order valence-corrected chi connectivity index (χ0v) is 17.3. The highest BCUT2D eigenvalue weighted by molar-refractivity contribution is 6.05. The number of amides is 1. The van der Waals surface area contributed by atoms with Crippen molar-refractivity contribution in [2.24, 2.45) is 5.92 Å². The Kier molecular flexibility index (Phi) is 6.71. The lowest BCUT2D eigenvalue weighted by Gasteiger charge is -2.32. The third-order valence-corrected chi connectivity index (χ3v) is 5.83. The van der Waals surface area contributed by atoms with E-state index in [0.717, 1.165) is 11.0 Å². The highest BCUT2D eigenvalue weighted by Crippen LogP contribution is 2.44. The fourth-order valence-electron chi connectivity index (χ4n) is 4.12. The lowest BCUT2D eigenvalue weighted by Crippen LogP contribution is -2.43. The Hall–Kier alpha value is -2.45. The minimum Gasteiger partial charge on any atom is -0.305 e. The number of ketones is 1. The Morgan fingerprint density at radius 2 is 1.58 bits per heavy atom. The molecule has 31 heavy (non-hydrogen) atoms. The lowest BCUT2D eigenvalue weighted by molar-refractivity contribution is -0.141. The molecule has 0 spiro atoms. The molecule has 1 fully saturated rings. The summed E-state index contributed by atoms with van der Waals surface area (Å²) in [5.41, 5.74) is -0.0903. The van der Waals surface area contributed by atoms with Crippen LogP contribution in [-0.2, 0) is 10.7 Å². The summed E-state index contributed by atoms with van der Waals surface area (Å²) in [6.45, 7) is 1.61. The number of benzene rings is 2. The molecule has 4 nitrogen and oxygen atoms in total. The van der Waals surface area contributed by atoms with Gasteiger partial charge in [0.05, 0.1) is 11.3 Å². The van der Waals surface area contributed by atoms with Crippen molar-refractivity contribution in [1.29, 1.82) is 0 Å². The van der Waals surface area contributed by atoms with Crippen molar-refractivity contribution in [3.05, 3.63) is 65.2 Å². The average molecular weight is 457 g/mol. The molecular weight excluding hydrogens is 436 g/mol. The average Bonchev–Trinajstić information content (AvgIpc) is 2.92. The monoisotopic (exact) mass is 456 g/mol. The van der Waals surface area contributed by atoms with Gasteiger partial charge < -0.3 is 9.80 Å². The van der Waals surface area contributed by atoms with Crippen molar-refractivity contribution in [3.63, 3.8) is 0 Å². The van der Waals surface area contributed by atoms with E-state index in [1.165, 1.54) is 30.3 Å². The number of hydrogen-bond acceptors (Lipinski definition) is 3. The Balaban J connectivity index is 0.00000272. The highest BCUT2D eigenvalue weighted by Gasteiger charge is 2.52. The second kappa shape index (κ2) is 8.96. The first-order valence-electron chi connectivity index (χ1n) is 9.79. The van der Waals surface area contributed by atoms with Gasteiger partial charge in [0.15, 0.2) is 5.78 Å². The van der Waals surface area contributed by atoms with Gasteiger partial charge in [-0.1, -0.05) is 0 Å². The topological polar surface area (TPSA) is 40.6 Å². The number of Topliss-reactive ketones (excluding diaryl/α,β-unsaturated/α-hetero) is 1. The maximum atomic E-state index is 14.2. The minimum atomic E-state index is -3.73. The zero-order valence-electron chi connectivity index (χ0n) is 16.5.